The quantitative estimate of drug-likeness (QED) is 0.687. The normalized spacial score (nSPS) is 14.2. The molecule has 0 radical (unpaired) electrons. The number of halogens is 2. The predicted octanol–water partition coefficient (Wildman–Crippen LogP) is 4.20. The molecule has 0 aliphatic carbocycles. The largest absolute Gasteiger partial charge is 0.493 e. The molecule has 128 valence electrons. The summed E-state index contributed by atoms with van der Waals surface area (Å²) in [5.41, 5.74) is 0.867. The Bertz CT molecular complexity index is 736. The van der Waals surface area contributed by atoms with E-state index in [0.29, 0.717) is 47.8 Å². The molecule has 0 N–H and O–H groups in total. The van der Waals surface area contributed by atoms with Crippen LogP contribution in [0.25, 0.3) is 0 Å². The minimum absolute atomic E-state index is 0.395. The van der Waals surface area contributed by atoms with Crippen LogP contribution in [0, 0.1) is 0 Å². The Morgan fingerprint density at radius 1 is 1.17 bits per heavy atom. The summed E-state index contributed by atoms with van der Waals surface area (Å²) >= 11 is 9.57. The van der Waals surface area contributed by atoms with E-state index < -0.39 is 10.8 Å². The summed E-state index contributed by atoms with van der Waals surface area (Å²) < 4.78 is 29.9. The van der Waals surface area contributed by atoms with Crippen molar-refractivity contribution in [3.05, 3.63) is 51.5 Å². The number of benzene rings is 2. The molecular formula is C17H16BrClO4S. The molecule has 0 spiro atoms. The van der Waals surface area contributed by atoms with Crippen LogP contribution in [0.5, 0.6) is 17.2 Å². The highest BCUT2D eigenvalue weighted by Crippen LogP contribution is 2.38. The first-order chi connectivity index (χ1) is 11.6. The van der Waals surface area contributed by atoms with Gasteiger partial charge in [-0.1, -0.05) is 27.5 Å². The average Bonchev–Trinajstić information content (AvgIpc) is 2.57. The van der Waals surface area contributed by atoms with Crippen molar-refractivity contribution < 1.29 is 18.4 Å². The van der Waals surface area contributed by atoms with Gasteiger partial charge in [0, 0.05) is 21.0 Å². The molecule has 0 amide bonds. The lowest BCUT2D eigenvalue weighted by molar-refractivity contribution is 0.171. The van der Waals surface area contributed by atoms with Crippen LogP contribution in [-0.4, -0.2) is 29.8 Å². The third-order valence-corrected chi connectivity index (χ3v) is 5.46. The third-order valence-electron chi connectivity index (χ3n) is 3.38. The molecule has 7 heteroatoms. The molecule has 4 nitrogen and oxygen atoms in total. The zero-order valence-electron chi connectivity index (χ0n) is 12.8. The van der Waals surface area contributed by atoms with Gasteiger partial charge in [-0.2, -0.15) is 0 Å². The van der Waals surface area contributed by atoms with E-state index in [1.54, 1.807) is 6.07 Å². The van der Waals surface area contributed by atoms with E-state index in [2.05, 4.69) is 15.9 Å². The van der Waals surface area contributed by atoms with Crippen LogP contribution in [0.15, 0.2) is 40.9 Å². The lowest BCUT2D eigenvalue weighted by Gasteiger charge is -2.20. The highest BCUT2D eigenvalue weighted by molar-refractivity contribution is 9.10. The summed E-state index contributed by atoms with van der Waals surface area (Å²) in [4.78, 5) is 0. The van der Waals surface area contributed by atoms with Gasteiger partial charge in [0.25, 0.3) is 0 Å². The monoisotopic (exact) mass is 430 g/mol. The summed E-state index contributed by atoms with van der Waals surface area (Å²) in [5.74, 6) is 2.79. The van der Waals surface area contributed by atoms with Crippen molar-refractivity contribution in [1.29, 1.82) is 0 Å². The minimum atomic E-state index is -1.05. The Morgan fingerprint density at radius 3 is 2.71 bits per heavy atom. The number of hydrogen-bond acceptors (Lipinski definition) is 4. The summed E-state index contributed by atoms with van der Waals surface area (Å²) in [6.45, 7) is 1.38. The van der Waals surface area contributed by atoms with Crippen molar-refractivity contribution in [1.82, 2.24) is 0 Å². The van der Waals surface area contributed by atoms with Crippen LogP contribution in [0.1, 0.15) is 5.56 Å². The summed E-state index contributed by atoms with van der Waals surface area (Å²) in [6.07, 6.45) is 0. The maximum Gasteiger partial charge on any atom is 0.179 e. The fourth-order valence-corrected chi connectivity index (χ4v) is 3.79. The van der Waals surface area contributed by atoms with E-state index >= 15 is 0 Å². The summed E-state index contributed by atoms with van der Waals surface area (Å²) in [7, 11) is -1.05. The molecule has 0 fully saturated rings. The Balaban J connectivity index is 1.53. The first-order valence-electron chi connectivity index (χ1n) is 7.43. The van der Waals surface area contributed by atoms with E-state index in [-0.39, 0.29) is 0 Å². The van der Waals surface area contributed by atoms with Crippen molar-refractivity contribution >= 4 is 38.3 Å². The first-order valence-corrected chi connectivity index (χ1v) is 10.1. The van der Waals surface area contributed by atoms with E-state index in [0.717, 1.165) is 15.8 Å². The van der Waals surface area contributed by atoms with Crippen molar-refractivity contribution in [2.24, 2.45) is 0 Å². The fourth-order valence-electron chi connectivity index (χ4n) is 2.29. The fraction of sp³-hybridized carbons (Fsp3) is 0.294. The molecule has 0 saturated carbocycles. The lowest BCUT2D eigenvalue weighted by atomic mass is 10.2. The van der Waals surface area contributed by atoms with Gasteiger partial charge in [-0.25, -0.2) is 0 Å². The van der Waals surface area contributed by atoms with E-state index in [9.17, 15) is 4.21 Å². The molecule has 1 unspecified atom stereocenters. The molecule has 1 aliphatic rings. The van der Waals surface area contributed by atoms with Gasteiger partial charge in [0.15, 0.2) is 11.5 Å². The Kier molecular flexibility index (Phi) is 6.03. The molecule has 1 atom stereocenters. The molecule has 0 aromatic heterocycles. The van der Waals surface area contributed by atoms with Crippen LogP contribution < -0.4 is 14.2 Å². The Morgan fingerprint density at radius 2 is 1.92 bits per heavy atom. The van der Waals surface area contributed by atoms with Crippen molar-refractivity contribution in [2.75, 3.05) is 25.6 Å². The van der Waals surface area contributed by atoms with Gasteiger partial charge in [-0.05, 0) is 42.0 Å². The topological polar surface area (TPSA) is 44.8 Å². The van der Waals surface area contributed by atoms with E-state index in [1.807, 2.05) is 30.3 Å². The van der Waals surface area contributed by atoms with Gasteiger partial charge in [-0.15, -0.1) is 0 Å². The Labute approximate surface area is 156 Å². The number of ether oxygens (including phenoxy) is 3. The molecule has 0 bridgehead atoms. The van der Waals surface area contributed by atoms with Crippen LogP contribution in [0.4, 0.5) is 0 Å². The van der Waals surface area contributed by atoms with Gasteiger partial charge in [0.05, 0.1) is 17.4 Å². The number of fused-ring (bicyclic) bond motifs is 1. The zero-order chi connectivity index (χ0) is 16.9. The second-order valence-electron chi connectivity index (χ2n) is 5.19. The second-order valence-corrected chi connectivity index (χ2v) is 8.09. The van der Waals surface area contributed by atoms with Gasteiger partial charge in [-0.3, -0.25) is 4.21 Å². The molecule has 1 heterocycles. The lowest BCUT2D eigenvalue weighted by Crippen LogP contribution is -2.16. The van der Waals surface area contributed by atoms with Crippen LogP contribution in [0.2, 0.25) is 5.02 Å². The maximum absolute atomic E-state index is 12.2. The van der Waals surface area contributed by atoms with Crippen LogP contribution >= 0.6 is 27.5 Å². The van der Waals surface area contributed by atoms with Crippen molar-refractivity contribution in [3.8, 4) is 17.2 Å². The molecule has 1 aliphatic heterocycles. The molecular weight excluding hydrogens is 416 g/mol. The van der Waals surface area contributed by atoms with Gasteiger partial charge < -0.3 is 14.2 Å². The average molecular weight is 432 g/mol. The molecule has 2 aromatic rings. The number of hydrogen-bond donors (Lipinski definition) is 0. The molecule has 3 rings (SSSR count). The summed E-state index contributed by atoms with van der Waals surface area (Å²) in [5, 5.41) is 0.491. The van der Waals surface area contributed by atoms with E-state index in [1.165, 1.54) is 0 Å². The van der Waals surface area contributed by atoms with Crippen LogP contribution in [-0.2, 0) is 16.6 Å². The third kappa shape index (κ3) is 4.65. The molecule has 24 heavy (non-hydrogen) atoms. The minimum Gasteiger partial charge on any atom is -0.493 e. The Hall–Kier alpha value is -1.24. The molecule has 0 saturated heterocycles. The maximum atomic E-state index is 12.2. The molecule has 2 aromatic carbocycles. The highest BCUT2D eigenvalue weighted by Gasteiger charge is 2.17. The van der Waals surface area contributed by atoms with Gasteiger partial charge in [0.1, 0.15) is 19.0 Å². The standard InChI is InChI=1S/C17H16BrClO4S/c18-13-1-3-14(4-2-13)21-7-8-24(20)11-12-9-15(19)17-16(10-12)22-5-6-23-17/h1-4,9-10H,5-8,11H2. The SMILES string of the molecule is O=S(CCOc1ccc(Br)cc1)Cc1cc(Cl)c2c(c1)OCCO2. The second kappa shape index (κ2) is 8.23. The van der Waals surface area contributed by atoms with Crippen LogP contribution in [0.3, 0.4) is 0 Å². The van der Waals surface area contributed by atoms with Gasteiger partial charge in [0.2, 0.25) is 0 Å². The first kappa shape index (κ1) is 17.6. The highest BCUT2D eigenvalue weighted by atomic mass is 79.9. The smallest absolute Gasteiger partial charge is 0.179 e. The van der Waals surface area contributed by atoms with E-state index in [4.69, 9.17) is 25.8 Å². The van der Waals surface area contributed by atoms with Crippen molar-refractivity contribution in [3.63, 3.8) is 0 Å². The summed E-state index contributed by atoms with van der Waals surface area (Å²) in [6, 6.07) is 11.2. The zero-order valence-corrected chi connectivity index (χ0v) is 16.0. The predicted molar refractivity (Wildman–Crippen MR) is 98.8 cm³/mol. The van der Waals surface area contributed by atoms with Crippen molar-refractivity contribution in [2.45, 2.75) is 5.75 Å². The number of rotatable bonds is 6. The van der Waals surface area contributed by atoms with Gasteiger partial charge >= 0.3 is 0 Å².